The van der Waals surface area contributed by atoms with E-state index in [1.54, 1.807) is 0 Å². The van der Waals surface area contributed by atoms with Gasteiger partial charge in [0, 0.05) is 13.2 Å². The van der Waals surface area contributed by atoms with Gasteiger partial charge in [-0.3, -0.25) is 0 Å². The fourth-order valence-electron chi connectivity index (χ4n) is 1.12. The van der Waals surface area contributed by atoms with E-state index < -0.39 is 15.8 Å². The van der Waals surface area contributed by atoms with Crippen LogP contribution in [0.25, 0.3) is 0 Å². The highest BCUT2D eigenvalue weighted by Crippen LogP contribution is 2.19. The second-order valence-corrected chi connectivity index (χ2v) is 5.79. The molecule has 1 N–H and O–H groups in total. The molecule has 17 heavy (non-hydrogen) atoms. The summed E-state index contributed by atoms with van der Waals surface area (Å²) in [5.41, 5.74) is 0. The molecule has 0 unspecified atom stereocenters. The van der Waals surface area contributed by atoms with Crippen LogP contribution >= 0.6 is 15.9 Å². The maximum Gasteiger partial charge on any atom is 0.240 e. The third kappa shape index (κ3) is 4.34. The summed E-state index contributed by atoms with van der Waals surface area (Å²) >= 11 is 2.96. The van der Waals surface area contributed by atoms with Crippen molar-refractivity contribution in [3.63, 3.8) is 0 Å². The van der Waals surface area contributed by atoms with Gasteiger partial charge in [-0.1, -0.05) is 0 Å². The molecule has 0 saturated heterocycles. The Hall–Kier alpha value is -0.500. The Bertz CT molecular complexity index is 478. The predicted molar refractivity (Wildman–Crippen MR) is 65.8 cm³/mol. The van der Waals surface area contributed by atoms with E-state index in [0.29, 0.717) is 6.61 Å². The summed E-state index contributed by atoms with van der Waals surface area (Å²) in [7, 11) is -3.67. The van der Waals surface area contributed by atoms with Crippen LogP contribution in [-0.2, 0) is 14.8 Å². The first-order valence-electron chi connectivity index (χ1n) is 5.00. The number of nitrogens with one attached hydrogen (secondary N) is 1. The largest absolute Gasteiger partial charge is 0.380 e. The maximum absolute atomic E-state index is 13.2. The van der Waals surface area contributed by atoms with Crippen molar-refractivity contribution in [1.29, 1.82) is 0 Å². The molecule has 0 saturated carbocycles. The lowest BCUT2D eigenvalue weighted by Gasteiger charge is -2.07. The van der Waals surface area contributed by atoms with Gasteiger partial charge in [0.05, 0.1) is 16.0 Å². The second kappa shape index (κ2) is 6.44. The van der Waals surface area contributed by atoms with Crippen molar-refractivity contribution in [3.8, 4) is 0 Å². The molecule has 0 heterocycles. The van der Waals surface area contributed by atoms with Gasteiger partial charge < -0.3 is 4.74 Å². The molecule has 96 valence electrons. The third-order valence-electron chi connectivity index (χ3n) is 1.94. The Morgan fingerprint density at radius 1 is 1.47 bits per heavy atom. The molecule has 1 aromatic rings. The summed E-state index contributed by atoms with van der Waals surface area (Å²) in [6.07, 6.45) is 0. The van der Waals surface area contributed by atoms with Gasteiger partial charge in [0.1, 0.15) is 5.82 Å². The molecule has 0 aliphatic carbocycles. The Kier molecular flexibility index (Phi) is 5.51. The first kappa shape index (κ1) is 14.6. The zero-order valence-electron chi connectivity index (χ0n) is 9.24. The summed E-state index contributed by atoms with van der Waals surface area (Å²) in [6.45, 7) is 2.79. The van der Waals surface area contributed by atoms with Gasteiger partial charge in [0.25, 0.3) is 0 Å². The van der Waals surface area contributed by atoms with E-state index in [-0.39, 0.29) is 22.5 Å². The molecule has 1 rings (SSSR count). The van der Waals surface area contributed by atoms with E-state index in [1.165, 1.54) is 12.1 Å². The van der Waals surface area contributed by atoms with Gasteiger partial charge in [-0.15, -0.1) is 0 Å². The summed E-state index contributed by atoms with van der Waals surface area (Å²) < 4.78 is 44.2. The number of halogens is 2. The molecule has 0 bridgehead atoms. The van der Waals surface area contributed by atoms with E-state index in [0.717, 1.165) is 6.07 Å². The standard InChI is InChI=1S/C10H13BrFNO3S/c1-2-16-6-5-13-17(14,15)8-3-4-9(11)10(12)7-8/h3-4,7,13H,2,5-6H2,1H3. The molecule has 1 aromatic carbocycles. The Balaban J connectivity index is 2.72. The minimum atomic E-state index is -3.67. The molecule has 0 amide bonds. The van der Waals surface area contributed by atoms with Crippen LogP contribution in [0, 0.1) is 5.82 Å². The van der Waals surface area contributed by atoms with Gasteiger partial charge >= 0.3 is 0 Å². The molecule has 0 atom stereocenters. The average Bonchev–Trinajstić information content (AvgIpc) is 2.28. The van der Waals surface area contributed by atoms with E-state index in [1.807, 2.05) is 6.92 Å². The lowest BCUT2D eigenvalue weighted by atomic mass is 10.3. The molecule has 0 spiro atoms. The van der Waals surface area contributed by atoms with Crippen LogP contribution in [-0.4, -0.2) is 28.2 Å². The number of hydrogen-bond acceptors (Lipinski definition) is 3. The van der Waals surface area contributed by atoms with Gasteiger partial charge in [0.2, 0.25) is 10.0 Å². The van der Waals surface area contributed by atoms with E-state index in [4.69, 9.17) is 4.74 Å². The molecule has 0 fully saturated rings. The maximum atomic E-state index is 13.2. The summed E-state index contributed by atoms with van der Waals surface area (Å²) in [6, 6.07) is 3.65. The lowest BCUT2D eigenvalue weighted by Crippen LogP contribution is -2.27. The highest BCUT2D eigenvalue weighted by atomic mass is 79.9. The van der Waals surface area contributed by atoms with Crippen molar-refractivity contribution in [2.24, 2.45) is 0 Å². The predicted octanol–water partition coefficient (Wildman–Crippen LogP) is 1.90. The fourth-order valence-corrected chi connectivity index (χ4v) is 2.39. The van der Waals surface area contributed by atoms with Crippen molar-refractivity contribution in [3.05, 3.63) is 28.5 Å². The van der Waals surface area contributed by atoms with Crippen molar-refractivity contribution in [1.82, 2.24) is 4.72 Å². The van der Waals surface area contributed by atoms with Gasteiger partial charge in [-0.05, 0) is 41.1 Å². The Morgan fingerprint density at radius 2 is 2.18 bits per heavy atom. The van der Waals surface area contributed by atoms with Crippen molar-refractivity contribution >= 4 is 26.0 Å². The van der Waals surface area contributed by atoms with Crippen molar-refractivity contribution < 1.29 is 17.5 Å². The molecule has 0 aliphatic rings. The molecule has 0 aromatic heterocycles. The summed E-state index contributed by atoms with van der Waals surface area (Å²) in [4.78, 5) is -0.102. The van der Waals surface area contributed by atoms with E-state index in [9.17, 15) is 12.8 Å². The first-order valence-corrected chi connectivity index (χ1v) is 7.27. The van der Waals surface area contributed by atoms with Crippen LogP contribution in [0.1, 0.15) is 6.92 Å². The number of hydrogen-bond donors (Lipinski definition) is 1. The first-order chi connectivity index (χ1) is 7.97. The van der Waals surface area contributed by atoms with Gasteiger partial charge in [0.15, 0.2) is 0 Å². The monoisotopic (exact) mass is 325 g/mol. The van der Waals surface area contributed by atoms with E-state index >= 15 is 0 Å². The molecular weight excluding hydrogens is 313 g/mol. The zero-order chi connectivity index (χ0) is 12.9. The normalized spacial score (nSPS) is 11.7. The van der Waals surface area contributed by atoms with E-state index in [2.05, 4.69) is 20.7 Å². The summed E-state index contributed by atoms with van der Waals surface area (Å²) in [5.74, 6) is -0.613. The fraction of sp³-hybridized carbons (Fsp3) is 0.400. The summed E-state index contributed by atoms with van der Waals surface area (Å²) in [5, 5.41) is 0. The number of ether oxygens (including phenoxy) is 1. The van der Waals surface area contributed by atoms with Crippen LogP contribution < -0.4 is 4.72 Å². The smallest absolute Gasteiger partial charge is 0.240 e. The second-order valence-electron chi connectivity index (χ2n) is 3.17. The molecule has 7 heteroatoms. The van der Waals surface area contributed by atoms with Crippen LogP contribution in [0.5, 0.6) is 0 Å². The van der Waals surface area contributed by atoms with Crippen LogP contribution in [0.3, 0.4) is 0 Å². The van der Waals surface area contributed by atoms with Crippen LogP contribution in [0.2, 0.25) is 0 Å². The highest BCUT2D eigenvalue weighted by molar-refractivity contribution is 9.10. The number of sulfonamides is 1. The Morgan fingerprint density at radius 3 is 2.76 bits per heavy atom. The molecular formula is C10H13BrFNO3S. The SMILES string of the molecule is CCOCCNS(=O)(=O)c1ccc(Br)c(F)c1. The quantitative estimate of drug-likeness (QED) is 0.813. The Labute approximate surface area is 108 Å². The number of rotatable bonds is 6. The minimum Gasteiger partial charge on any atom is -0.380 e. The highest BCUT2D eigenvalue weighted by Gasteiger charge is 2.14. The van der Waals surface area contributed by atoms with Crippen LogP contribution in [0.15, 0.2) is 27.6 Å². The van der Waals surface area contributed by atoms with Crippen LogP contribution in [0.4, 0.5) is 4.39 Å². The lowest BCUT2D eigenvalue weighted by molar-refractivity contribution is 0.153. The molecule has 4 nitrogen and oxygen atoms in total. The third-order valence-corrected chi connectivity index (χ3v) is 4.05. The molecule has 0 aliphatic heterocycles. The topological polar surface area (TPSA) is 55.4 Å². The zero-order valence-corrected chi connectivity index (χ0v) is 11.6. The van der Waals surface area contributed by atoms with Gasteiger partial charge in [-0.25, -0.2) is 17.5 Å². The number of benzene rings is 1. The van der Waals surface area contributed by atoms with Crippen molar-refractivity contribution in [2.45, 2.75) is 11.8 Å². The minimum absolute atomic E-state index is 0.102. The molecule has 0 radical (unpaired) electrons. The van der Waals surface area contributed by atoms with Crippen molar-refractivity contribution in [2.75, 3.05) is 19.8 Å². The van der Waals surface area contributed by atoms with Gasteiger partial charge in [-0.2, -0.15) is 0 Å². The average molecular weight is 326 g/mol.